The van der Waals surface area contributed by atoms with Crippen LogP contribution in [0.4, 0.5) is 17.1 Å². The van der Waals surface area contributed by atoms with E-state index in [1.165, 1.54) is 41.1 Å². The van der Waals surface area contributed by atoms with Gasteiger partial charge in [-0.3, -0.25) is 24.6 Å². The lowest BCUT2D eigenvalue weighted by Gasteiger charge is -2.39. The van der Waals surface area contributed by atoms with Crippen molar-refractivity contribution in [2.75, 3.05) is 61.0 Å². The van der Waals surface area contributed by atoms with Gasteiger partial charge in [-0.15, -0.1) is 0 Å². The number of nitrogens with one attached hydrogen (secondary N) is 4. The van der Waals surface area contributed by atoms with Crippen molar-refractivity contribution in [3.8, 4) is 11.5 Å². The van der Waals surface area contributed by atoms with Crippen LogP contribution in [0.5, 0.6) is 11.5 Å². The molecule has 2 saturated heterocycles. The minimum atomic E-state index is -4.60. The minimum absolute atomic E-state index is 0.0612. The number of allylic oxidation sites excluding steroid dienone is 1. The van der Waals surface area contributed by atoms with Gasteiger partial charge in [-0.2, -0.15) is 0 Å². The molecule has 63 heavy (non-hydrogen) atoms. The summed E-state index contributed by atoms with van der Waals surface area (Å²) in [5.41, 5.74) is 5.31. The Morgan fingerprint density at radius 1 is 1.05 bits per heavy atom. The molecule has 18 heteroatoms. The van der Waals surface area contributed by atoms with Gasteiger partial charge in [0.2, 0.25) is 0 Å². The summed E-state index contributed by atoms with van der Waals surface area (Å²) in [7, 11) is -7.18. The number of aromatic amines is 1. The molecule has 332 valence electrons. The number of halogens is 1. The maximum Gasteiger partial charge on any atom is 0.293 e. The van der Waals surface area contributed by atoms with Gasteiger partial charge >= 0.3 is 0 Å². The number of benzene rings is 3. The number of pyridine rings is 1. The van der Waals surface area contributed by atoms with Crippen LogP contribution in [0.15, 0.2) is 95.7 Å². The Morgan fingerprint density at radius 2 is 1.79 bits per heavy atom. The molecule has 1 amide bonds. The van der Waals surface area contributed by atoms with Crippen molar-refractivity contribution in [2.24, 2.45) is 11.3 Å². The second kappa shape index (κ2) is 17.9. The Labute approximate surface area is 372 Å². The zero-order valence-electron chi connectivity index (χ0n) is 35.2. The third kappa shape index (κ3) is 10.5. The van der Waals surface area contributed by atoms with Gasteiger partial charge in [0.15, 0.2) is 0 Å². The molecule has 0 unspecified atom stereocenters. The van der Waals surface area contributed by atoms with E-state index in [1.807, 2.05) is 18.2 Å². The molecule has 2 fully saturated rings. The number of nitro benzene ring substituents is 1. The van der Waals surface area contributed by atoms with Crippen LogP contribution in [0, 0.1) is 26.2 Å². The number of amides is 1. The van der Waals surface area contributed by atoms with Gasteiger partial charge in [0, 0.05) is 94.9 Å². The van der Waals surface area contributed by atoms with Crippen molar-refractivity contribution in [2.45, 2.75) is 50.8 Å². The van der Waals surface area contributed by atoms with Crippen molar-refractivity contribution in [1.82, 2.24) is 19.6 Å². The van der Waals surface area contributed by atoms with Gasteiger partial charge in [0.25, 0.3) is 21.6 Å². The Balaban J connectivity index is 0.996. The molecule has 0 saturated carbocycles. The molecule has 4 N–H and O–H groups in total. The fraction of sp³-hybridized carbons (Fsp3) is 0.378. The molecule has 0 bridgehead atoms. The van der Waals surface area contributed by atoms with Crippen LogP contribution in [0.2, 0.25) is 5.02 Å². The molecule has 2 aliphatic heterocycles. The number of anilines is 2. The SMILES string of the molecule is CC1(C)CCC(CN2CCN(c3ccc(C(=O)NS(=O)(=O)c4ccc(NCC5CCS(=N)(=O)CC5)c([N+](=O)[O-])c4)c(Oc4cnc5[nH]ccc5c4)c3)CC2)=C(c2ccc(Cl)cc2)C1. The van der Waals surface area contributed by atoms with Gasteiger partial charge in [-0.1, -0.05) is 43.2 Å². The fourth-order valence-corrected chi connectivity index (χ4v) is 11.4. The molecule has 3 aliphatic rings. The number of carbonyl (C=O) groups is 1. The first-order valence-electron chi connectivity index (χ1n) is 21.0. The zero-order chi connectivity index (χ0) is 44.5. The van der Waals surface area contributed by atoms with E-state index in [2.05, 4.69) is 55.8 Å². The zero-order valence-corrected chi connectivity index (χ0v) is 37.6. The van der Waals surface area contributed by atoms with Gasteiger partial charge < -0.3 is 19.9 Å². The van der Waals surface area contributed by atoms with E-state index in [0.717, 1.165) is 61.1 Å². The summed E-state index contributed by atoms with van der Waals surface area (Å²) >= 11 is 6.24. The Bertz CT molecular complexity index is 2790. The Hall–Kier alpha value is -5.49. The lowest BCUT2D eigenvalue weighted by molar-refractivity contribution is -0.384. The molecule has 0 atom stereocenters. The van der Waals surface area contributed by atoms with Crippen LogP contribution in [0.1, 0.15) is 61.9 Å². The second-order valence-electron chi connectivity index (χ2n) is 17.5. The van der Waals surface area contributed by atoms with Gasteiger partial charge in [-0.05, 0) is 103 Å². The first kappa shape index (κ1) is 44.1. The smallest absolute Gasteiger partial charge is 0.293 e. The Morgan fingerprint density at radius 3 is 2.52 bits per heavy atom. The molecule has 15 nitrogen and oxygen atoms in total. The molecule has 0 radical (unpaired) electrons. The first-order valence-corrected chi connectivity index (χ1v) is 24.8. The molecular weight excluding hydrogens is 864 g/mol. The third-order valence-corrected chi connectivity index (χ3v) is 15.7. The second-order valence-corrected chi connectivity index (χ2v) is 22.0. The molecule has 1 aliphatic carbocycles. The number of nitro groups is 1. The van der Waals surface area contributed by atoms with Gasteiger partial charge in [-0.25, -0.2) is 22.3 Å². The number of hydrogen-bond donors (Lipinski definition) is 4. The van der Waals surface area contributed by atoms with E-state index >= 15 is 0 Å². The van der Waals surface area contributed by atoms with E-state index < -0.39 is 41.2 Å². The highest BCUT2D eigenvalue weighted by molar-refractivity contribution is 7.92. The van der Waals surface area contributed by atoms with Gasteiger partial charge in [0.1, 0.15) is 22.8 Å². The van der Waals surface area contributed by atoms with Crippen LogP contribution in [0.3, 0.4) is 0 Å². The molecule has 5 aromatic rings. The van der Waals surface area contributed by atoms with Crippen LogP contribution < -0.4 is 19.7 Å². The maximum absolute atomic E-state index is 13.9. The van der Waals surface area contributed by atoms with Crippen LogP contribution >= 0.6 is 11.6 Å². The number of carbonyl (C=O) groups excluding carboxylic acids is 1. The number of fused-ring (bicyclic) bond motifs is 1. The number of sulfonamides is 1. The maximum atomic E-state index is 13.9. The normalized spacial score (nSPS) is 20.7. The summed E-state index contributed by atoms with van der Waals surface area (Å²) in [6.45, 7) is 8.90. The van der Waals surface area contributed by atoms with E-state index in [1.54, 1.807) is 24.4 Å². The lowest BCUT2D eigenvalue weighted by atomic mass is 9.72. The lowest BCUT2D eigenvalue weighted by Crippen LogP contribution is -2.47. The van der Waals surface area contributed by atoms with Crippen molar-refractivity contribution in [3.63, 3.8) is 0 Å². The molecule has 0 spiro atoms. The highest BCUT2D eigenvalue weighted by atomic mass is 35.5. The summed E-state index contributed by atoms with van der Waals surface area (Å²) < 4.78 is 55.7. The molecule has 2 aromatic heterocycles. The van der Waals surface area contributed by atoms with Crippen LogP contribution in [0.25, 0.3) is 16.6 Å². The van der Waals surface area contributed by atoms with Crippen molar-refractivity contribution in [1.29, 1.82) is 4.78 Å². The molecule has 3 aromatic carbocycles. The largest absolute Gasteiger partial charge is 0.455 e. The molecular formula is C45H51ClN8O7S2. The van der Waals surface area contributed by atoms with E-state index in [-0.39, 0.29) is 39.8 Å². The topological polar surface area (TPSA) is 204 Å². The van der Waals surface area contributed by atoms with Crippen LogP contribution in [-0.2, 0) is 19.8 Å². The monoisotopic (exact) mass is 914 g/mol. The number of nitrogens with zero attached hydrogens (tertiary/aromatic N) is 4. The molecule has 4 heterocycles. The number of ether oxygens (including phenoxy) is 1. The average molecular weight is 916 g/mol. The number of aromatic nitrogens is 2. The highest BCUT2D eigenvalue weighted by Gasteiger charge is 2.31. The third-order valence-electron chi connectivity index (χ3n) is 12.3. The highest BCUT2D eigenvalue weighted by Crippen LogP contribution is 2.43. The molecule has 8 rings (SSSR count). The van der Waals surface area contributed by atoms with Gasteiger partial charge in [0.05, 0.1) is 21.6 Å². The van der Waals surface area contributed by atoms with E-state index in [0.29, 0.717) is 43.9 Å². The summed E-state index contributed by atoms with van der Waals surface area (Å²) in [6.07, 6.45) is 7.53. The quantitative estimate of drug-likeness (QED) is 0.0650. The van der Waals surface area contributed by atoms with E-state index in [9.17, 15) is 27.5 Å². The average Bonchev–Trinajstić information content (AvgIpc) is 3.72. The number of hydrogen-bond acceptors (Lipinski definition) is 12. The fourth-order valence-electron chi connectivity index (χ4n) is 8.61. The predicted octanol–water partition coefficient (Wildman–Crippen LogP) is 8.69. The Kier molecular flexibility index (Phi) is 12.6. The van der Waals surface area contributed by atoms with Crippen LogP contribution in [-0.4, -0.2) is 89.1 Å². The summed E-state index contributed by atoms with van der Waals surface area (Å²) in [6, 6.07) is 20.2. The predicted molar refractivity (Wildman–Crippen MR) is 247 cm³/mol. The van der Waals surface area contributed by atoms with Crippen molar-refractivity contribution in [3.05, 3.63) is 117 Å². The number of rotatable bonds is 13. The standard InChI is InChI=1S/C45H51ClN8O7S2/c1-45(2)15-11-33(39(26-45)31-3-5-34(46)6-4-31)29-52-17-19-53(20-18-52)35-7-9-38(42(24-35)61-36-23-32-12-16-48-43(32)50-28-36)44(55)51-63(59,60)37-8-10-40(41(25-37)54(56)57)49-27-30-13-21-62(47,58)22-14-30/h3-10,12,16,23-25,28,30,47,49H,11,13-15,17-22,26-27,29H2,1-2H3,(H,48,50)(H,51,55). The van der Waals surface area contributed by atoms with Crippen molar-refractivity contribution < 1.29 is 27.1 Å². The summed E-state index contributed by atoms with van der Waals surface area (Å²) in [5.74, 6) is 0.0698. The van der Waals surface area contributed by atoms with E-state index in [4.69, 9.17) is 21.1 Å². The summed E-state index contributed by atoms with van der Waals surface area (Å²) in [4.78, 5) is 37.0. The summed E-state index contributed by atoms with van der Waals surface area (Å²) in [5, 5.41) is 16.6. The van der Waals surface area contributed by atoms with Crippen molar-refractivity contribution >= 4 is 70.9 Å². The number of piperazine rings is 1. The number of H-pyrrole nitrogens is 1. The first-order chi connectivity index (χ1) is 30.0. The minimum Gasteiger partial charge on any atom is -0.455 e.